The molecule has 0 aliphatic heterocycles. The average molecular weight is 631 g/mol. The Kier molecular flexibility index (Phi) is 5.90. The molecule has 0 unspecified atom stereocenters. The van der Waals surface area contributed by atoms with Crippen molar-refractivity contribution in [3.63, 3.8) is 0 Å². The van der Waals surface area contributed by atoms with Gasteiger partial charge in [0, 0.05) is 47.9 Å². The first-order valence-electron chi connectivity index (χ1n) is 16.5. The van der Waals surface area contributed by atoms with Gasteiger partial charge in [0.2, 0.25) is 0 Å². The predicted molar refractivity (Wildman–Crippen MR) is 201 cm³/mol. The summed E-state index contributed by atoms with van der Waals surface area (Å²) in [5, 5.41) is 4.74. The van der Waals surface area contributed by atoms with Gasteiger partial charge >= 0.3 is 0 Å². The van der Waals surface area contributed by atoms with Crippen molar-refractivity contribution in [2.75, 3.05) is 0 Å². The van der Waals surface area contributed by atoms with Gasteiger partial charge in [0.05, 0.1) is 27.6 Å². The van der Waals surface area contributed by atoms with E-state index < -0.39 is 0 Å². The minimum atomic E-state index is 0.918. The van der Waals surface area contributed by atoms with E-state index in [1.165, 1.54) is 16.3 Å². The van der Waals surface area contributed by atoms with E-state index in [4.69, 9.17) is 15.0 Å². The molecule has 4 aromatic heterocycles. The van der Waals surface area contributed by atoms with E-state index in [2.05, 4.69) is 155 Å². The van der Waals surface area contributed by atoms with Crippen molar-refractivity contribution in [3.8, 4) is 39.6 Å². The molecule has 0 saturated carbocycles. The molecule has 6 heteroatoms. The maximum absolute atomic E-state index is 5.21. The number of fused-ring (bicyclic) bond motifs is 6. The maximum Gasteiger partial charge on any atom is 0.145 e. The smallest absolute Gasteiger partial charge is 0.145 e. The highest BCUT2D eigenvalue weighted by Crippen LogP contribution is 2.36. The lowest BCUT2D eigenvalue weighted by atomic mass is 10.0. The van der Waals surface area contributed by atoms with Gasteiger partial charge in [-0.1, -0.05) is 78.9 Å². The first kappa shape index (κ1) is 27.6. The quantitative estimate of drug-likeness (QED) is 0.194. The Bertz CT molecular complexity index is 2920. The van der Waals surface area contributed by atoms with Crippen LogP contribution in [0.2, 0.25) is 0 Å². The van der Waals surface area contributed by atoms with Crippen molar-refractivity contribution >= 4 is 54.8 Å². The van der Waals surface area contributed by atoms with Gasteiger partial charge < -0.3 is 9.13 Å². The predicted octanol–water partition coefficient (Wildman–Crippen LogP) is 10.1. The van der Waals surface area contributed by atoms with Gasteiger partial charge in [-0.05, 0) is 82.6 Å². The number of hydrogen-bond donors (Lipinski definition) is 0. The van der Waals surface area contributed by atoms with Crippen LogP contribution in [0.15, 0.2) is 146 Å². The van der Waals surface area contributed by atoms with Crippen molar-refractivity contribution in [3.05, 3.63) is 146 Å². The molecule has 0 spiro atoms. The van der Waals surface area contributed by atoms with E-state index >= 15 is 0 Å². The average Bonchev–Trinajstić information content (AvgIpc) is 3.79. The fourth-order valence-electron chi connectivity index (χ4n) is 7.44. The van der Waals surface area contributed by atoms with Crippen LogP contribution in [0.4, 0.5) is 0 Å². The zero-order chi connectivity index (χ0) is 32.6. The van der Waals surface area contributed by atoms with E-state index in [-0.39, 0.29) is 0 Å². The summed E-state index contributed by atoms with van der Waals surface area (Å²) in [6.07, 6.45) is 1.87. The Hall–Kier alpha value is -6.53. The number of rotatable bonds is 4. The number of hydrogen-bond acceptors (Lipinski definition) is 3. The Morgan fingerprint density at radius 3 is 2.04 bits per heavy atom. The summed E-state index contributed by atoms with van der Waals surface area (Å²) in [6, 6.07) is 49.4. The monoisotopic (exact) mass is 630 g/mol. The largest absolute Gasteiger partial charge is 0.327 e. The SMILES string of the molecule is Cn1c(-c2cccc(-n3c4cc(-c5nc6cc(-c7ccc8ccccc8c7)ccc6n5C)ccc4c4cccnc43)c2)nc2ccccc21. The normalized spacial score (nSPS) is 11.9. The number of pyridine rings is 1. The van der Waals surface area contributed by atoms with Crippen molar-refractivity contribution < 1.29 is 0 Å². The summed E-state index contributed by atoms with van der Waals surface area (Å²) in [5.74, 6) is 1.85. The molecule has 10 rings (SSSR count). The highest BCUT2D eigenvalue weighted by atomic mass is 15.1. The van der Waals surface area contributed by atoms with Crippen LogP contribution in [0.5, 0.6) is 0 Å². The highest BCUT2D eigenvalue weighted by Gasteiger charge is 2.18. The zero-order valence-corrected chi connectivity index (χ0v) is 27.0. The van der Waals surface area contributed by atoms with E-state index in [1.54, 1.807) is 0 Å². The molecule has 0 atom stereocenters. The first-order valence-corrected chi connectivity index (χ1v) is 16.5. The topological polar surface area (TPSA) is 53.5 Å². The maximum atomic E-state index is 5.21. The molecule has 10 aromatic rings. The van der Waals surface area contributed by atoms with E-state index in [0.29, 0.717) is 0 Å². The zero-order valence-electron chi connectivity index (χ0n) is 27.0. The second-order valence-corrected chi connectivity index (χ2v) is 12.7. The van der Waals surface area contributed by atoms with Gasteiger partial charge in [-0.25, -0.2) is 15.0 Å². The Balaban J connectivity index is 1.12. The third-order valence-corrected chi connectivity index (χ3v) is 9.90. The molecule has 0 fully saturated rings. The molecule has 0 amide bonds. The van der Waals surface area contributed by atoms with Crippen molar-refractivity contribution in [1.29, 1.82) is 0 Å². The lowest BCUT2D eigenvalue weighted by Crippen LogP contribution is -1.98. The Morgan fingerprint density at radius 2 is 1.16 bits per heavy atom. The molecule has 6 nitrogen and oxygen atoms in total. The van der Waals surface area contributed by atoms with Crippen LogP contribution in [-0.2, 0) is 14.1 Å². The third kappa shape index (κ3) is 4.24. The molecule has 0 bridgehead atoms. The molecule has 0 radical (unpaired) electrons. The minimum Gasteiger partial charge on any atom is -0.327 e. The van der Waals surface area contributed by atoms with Crippen molar-refractivity contribution in [1.82, 2.24) is 28.7 Å². The van der Waals surface area contributed by atoms with Gasteiger partial charge in [-0.3, -0.25) is 4.57 Å². The number of benzene rings is 6. The Labute approximate surface area is 282 Å². The first-order chi connectivity index (χ1) is 24.1. The molecule has 0 aliphatic carbocycles. The summed E-state index contributed by atoms with van der Waals surface area (Å²) < 4.78 is 6.62. The van der Waals surface area contributed by atoms with Gasteiger partial charge in [0.25, 0.3) is 0 Å². The van der Waals surface area contributed by atoms with Crippen LogP contribution in [0.3, 0.4) is 0 Å². The third-order valence-electron chi connectivity index (χ3n) is 9.90. The minimum absolute atomic E-state index is 0.918. The van der Waals surface area contributed by atoms with Gasteiger partial charge in [-0.2, -0.15) is 0 Å². The molecule has 0 aliphatic rings. The molecule has 232 valence electrons. The van der Waals surface area contributed by atoms with Crippen LogP contribution in [-0.4, -0.2) is 28.7 Å². The molecular weight excluding hydrogens is 601 g/mol. The number of nitrogens with zero attached hydrogens (tertiary/aromatic N) is 6. The number of aryl methyl sites for hydroxylation is 2. The number of para-hydroxylation sites is 2. The van der Waals surface area contributed by atoms with Gasteiger partial charge in [-0.15, -0.1) is 0 Å². The van der Waals surface area contributed by atoms with E-state index in [0.717, 1.165) is 78.0 Å². The van der Waals surface area contributed by atoms with E-state index in [1.807, 2.05) is 18.3 Å². The fraction of sp³-hybridized carbons (Fsp3) is 0.0465. The van der Waals surface area contributed by atoms with Crippen LogP contribution in [0.1, 0.15) is 0 Å². The van der Waals surface area contributed by atoms with Crippen LogP contribution in [0.25, 0.3) is 94.4 Å². The molecule has 49 heavy (non-hydrogen) atoms. The summed E-state index contributed by atoms with van der Waals surface area (Å²) >= 11 is 0. The van der Waals surface area contributed by atoms with Crippen LogP contribution in [0, 0.1) is 0 Å². The van der Waals surface area contributed by atoms with E-state index in [9.17, 15) is 0 Å². The van der Waals surface area contributed by atoms with Crippen molar-refractivity contribution in [2.45, 2.75) is 0 Å². The van der Waals surface area contributed by atoms with Crippen LogP contribution < -0.4 is 0 Å². The van der Waals surface area contributed by atoms with Crippen LogP contribution >= 0.6 is 0 Å². The van der Waals surface area contributed by atoms with Crippen molar-refractivity contribution in [2.24, 2.45) is 14.1 Å². The van der Waals surface area contributed by atoms with Gasteiger partial charge in [0.15, 0.2) is 0 Å². The number of aromatic nitrogens is 6. The second kappa shape index (κ2) is 10.5. The molecular formula is C43H30N6. The fourth-order valence-corrected chi connectivity index (χ4v) is 7.44. The second-order valence-electron chi connectivity index (χ2n) is 12.7. The summed E-state index contributed by atoms with van der Waals surface area (Å²) in [7, 11) is 4.18. The molecule has 6 aromatic carbocycles. The summed E-state index contributed by atoms with van der Waals surface area (Å²) in [5.41, 5.74) is 11.6. The molecule has 0 N–H and O–H groups in total. The summed E-state index contributed by atoms with van der Waals surface area (Å²) in [6.45, 7) is 0. The lowest BCUT2D eigenvalue weighted by Gasteiger charge is -2.10. The highest BCUT2D eigenvalue weighted by molar-refractivity contribution is 6.09. The van der Waals surface area contributed by atoms with Gasteiger partial charge in [0.1, 0.15) is 17.3 Å². The molecule has 4 heterocycles. The summed E-state index contributed by atoms with van der Waals surface area (Å²) in [4.78, 5) is 15.1. The number of imidazole rings is 2. The Morgan fingerprint density at radius 1 is 0.449 bits per heavy atom. The standard InChI is InChI=1S/C43H30N6/c1-47-38-15-6-5-14-36(38)45-41(47)31-11-7-12-33(24-31)49-40-26-32(18-20-34(40)35-13-8-22-44-43(35)49)42-46-37-25-30(19-21-39(37)48(42)2)29-17-16-27-9-3-4-10-28(27)23-29/h3-26H,1-2H3. The lowest BCUT2D eigenvalue weighted by molar-refractivity contribution is 0.958. The molecule has 0 saturated heterocycles.